The van der Waals surface area contributed by atoms with Gasteiger partial charge in [0.1, 0.15) is 17.1 Å². The van der Waals surface area contributed by atoms with Crippen molar-refractivity contribution in [2.75, 3.05) is 19.5 Å². The molecule has 0 aliphatic carbocycles. The van der Waals surface area contributed by atoms with Crippen molar-refractivity contribution in [2.24, 2.45) is 0 Å². The standard InChI is InChI=1S/C18H16N4O3/c1-19-18(23)10-9-21-15(11-5-4-8-20-11)17-14(10)22-16-12(24-2)6-3-7-13(16)25-17/h3-9,20,22H,1-2H3,(H,19,23). The largest absolute Gasteiger partial charge is 0.494 e. The molecule has 3 aromatic rings. The predicted molar refractivity (Wildman–Crippen MR) is 93.8 cm³/mol. The highest BCUT2D eigenvalue weighted by Crippen LogP contribution is 2.50. The fourth-order valence-corrected chi connectivity index (χ4v) is 2.82. The van der Waals surface area contributed by atoms with Gasteiger partial charge in [-0.3, -0.25) is 4.79 Å². The van der Waals surface area contributed by atoms with Gasteiger partial charge >= 0.3 is 0 Å². The van der Waals surface area contributed by atoms with Gasteiger partial charge in [-0.25, -0.2) is 4.98 Å². The number of amides is 1. The van der Waals surface area contributed by atoms with E-state index in [1.807, 2.05) is 36.5 Å². The molecule has 1 aliphatic heterocycles. The van der Waals surface area contributed by atoms with Crippen molar-refractivity contribution < 1.29 is 14.3 Å². The maximum atomic E-state index is 12.3. The predicted octanol–water partition coefficient (Wildman–Crippen LogP) is 3.29. The number of hydrogen-bond donors (Lipinski definition) is 3. The monoisotopic (exact) mass is 336 g/mol. The lowest BCUT2D eigenvalue weighted by atomic mass is 10.1. The van der Waals surface area contributed by atoms with Gasteiger partial charge in [-0.05, 0) is 24.3 Å². The number of hydrogen-bond acceptors (Lipinski definition) is 5. The molecule has 7 nitrogen and oxygen atoms in total. The number of aromatic nitrogens is 2. The Bertz CT molecular complexity index is 951. The molecule has 7 heteroatoms. The van der Waals surface area contributed by atoms with E-state index in [1.165, 1.54) is 6.20 Å². The average molecular weight is 336 g/mol. The Morgan fingerprint density at radius 1 is 1.24 bits per heavy atom. The van der Waals surface area contributed by atoms with Crippen LogP contribution in [0.2, 0.25) is 0 Å². The number of pyridine rings is 1. The summed E-state index contributed by atoms with van der Waals surface area (Å²) in [5, 5.41) is 5.91. The molecule has 0 unspecified atom stereocenters. The maximum Gasteiger partial charge on any atom is 0.254 e. The highest BCUT2D eigenvalue weighted by Gasteiger charge is 2.28. The van der Waals surface area contributed by atoms with Gasteiger partial charge in [0.25, 0.3) is 5.91 Å². The summed E-state index contributed by atoms with van der Waals surface area (Å²) in [5.74, 6) is 1.47. The van der Waals surface area contributed by atoms with Crippen molar-refractivity contribution in [3.05, 3.63) is 48.3 Å². The summed E-state index contributed by atoms with van der Waals surface area (Å²) < 4.78 is 11.5. The normalized spacial score (nSPS) is 11.6. The number of nitrogens with one attached hydrogen (secondary N) is 3. The van der Waals surface area contributed by atoms with Gasteiger partial charge < -0.3 is 25.1 Å². The smallest absolute Gasteiger partial charge is 0.254 e. The van der Waals surface area contributed by atoms with E-state index < -0.39 is 0 Å². The maximum absolute atomic E-state index is 12.3. The van der Waals surface area contributed by atoms with E-state index >= 15 is 0 Å². The molecule has 3 N–H and O–H groups in total. The van der Waals surface area contributed by atoms with Crippen LogP contribution in [0.4, 0.5) is 11.4 Å². The van der Waals surface area contributed by atoms with Crippen LogP contribution in [0.25, 0.3) is 11.4 Å². The van der Waals surface area contributed by atoms with Crippen molar-refractivity contribution in [1.82, 2.24) is 15.3 Å². The minimum Gasteiger partial charge on any atom is -0.494 e. The molecule has 0 saturated heterocycles. The summed E-state index contributed by atoms with van der Waals surface area (Å²) >= 11 is 0. The van der Waals surface area contributed by atoms with E-state index in [4.69, 9.17) is 9.47 Å². The minimum absolute atomic E-state index is 0.253. The number of carbonyl (C=O) groups is 1. The fourth-order valence-electron chi connectivity index (χ4n) is 2.82. The van der Waals surface area contributed by atoms with Crippen LogP contribution in [0.1, 0.15) is 10.4 Å². The van der Waals surface area contributed by atoms with Gasteiger partial charge in [0.05, 0.1) is 24.1 Å². The molecule has 25 heavy (non-hydrogen) atoms. The molecular formula is C18H16N4O3. The lowest BCUT2D eigenvalue weighted by molar-refractivity contribution is 0.0963. The number of methoxy groups -OCH3 is 1. The lowest BCUT2D eigenvalue weighted by Crippen LogP contribution is -2.21. The van der Waals surface area contributed by atoms with E-state index in [1.54, 1.807) is 14.2 Å². The third-order valence-corrected chi connectivity index (χ3v) is 4.03. The van der Waals surface area contributed by atoms with E-state index in [-0.39, 0.29) is 5.91 Å². The molecule has 0 atom stereocenters. The van der Waals surface area contributed by atoms with E-state index in [0.29, 0.717) is 39.9 Å². The quantitative estimate of drug-likeness (QED) is 0.534. The molecule has 3 heterocycles. The Morgan fingerprint density at radius 3 is 2.84 bits per heavy atom. The third-order valence-electron chi connectivity index (χ3n) is 4.03. The first-order valence-electron chi connectivity index (χ1n) is 7.73. The van der Waals surface area contributed by atoms with Crippen molar-refractivity contribution >= 4 is 17.3 Å². The lowest BCUT2D eigenvalue weighted by Gasteiger charge is -2.26. The van der Waals surface area contributed by atoms with Crippen LogP contribution in [0.3, 0.4) is 0 Å². The zero-order valence-corrected chi connectivity index (χ0v) is 13.7. The molecule has 1 aliphatic rings. The van der Waals surface area contributed by atoms with Gasteiger partial charge in [0.15, 0.2) is 11.5 Å². The van der Waals surface area contributed by atoms with Crippen LogP contribution in [0, 0.1) is 0 Å². The van der Waals surface area contributed by atoms with Crippen molar-refractivity contribution in [1.29, 1.82) is 0 Å². The van der Waals surface area contributed by atoms with E-state index in [0.717, 1.165) is 5.69 Å². The number of ether oxygens (including phenoxy) is 2. The van der Waals surface area contributed by atoms with Crippen LogP contribution < -0.4 is 20.1 Å². The van der Waals surface area contributed by atoms with Crippen LogP contribution >= 0.6 is 0 Å². The first-order valence-corrected chi connectivity index (χ1v) is 7.73. The Balaban J connectivity index is 1.93. The zero-order valence-electron chi connectivity index (χ0n) is 13.7. The molecule has 2 aromatic heterocycles. The molecule has 0 saturated carbocycles. The Hall–Kier alpha value is -3.48. The number of benzene rings is 1. The van der Waals surface area contributed by atoms with Gasteiger partial charge in [-0.15, -0.1) is 0 Å². The summed E-state index contributed by atoms with van der Waals surface area (Å²) in [6, 6.07) is 9.27. The zero-order chi connectivity index (χ0) is 17.4. The van der Waals surface area contributed by atoms with Gasteiger partial charge in [-0.1, -0.05) is 6.07 Å². The van der Waals surface area contributed by atoms with Gasteiger partial charge in [0, 0.05) is 19.4 Å². The highest BCUT2D eigenvalue weighted by molar-refractivity contribution is 6.03. The van der Waals surface area contributed by atoms with Crippen molar-refractivity contribution in [2.45, 2.75) is 0 Å². The molecule has 0 fully saturated rings. The number of H-pyrrole nitrogens is 1. The number of rotatable bonds is 3. The number of nitrogens with zero attached hydrogens (tertiary/aromatic N) is 1. The molecule has 126 valence electrons. The second-order valence-corrected chi connectivity index (χ2v) is 5.45. The van der Waals surface area contributed by atoms with Gasteiger partial charge in [-0.2, -0.15) is 0 Å². The first kappa shape index (κ1) is 15.1. The molecule has 4 rings (SSSR count). The number of para-hydroxylation sites is 1. The summed E-state index contributed by atoms with van der Waals surface area (Å²) in [7, 11) is 3.16. The topological polar surface area (TPSA) is 88.3 Å². The molecule has 1 amide bonds. The van der Waals surface area contributed by atoms with E-state index in [2.05, 4.69) is 20.6 Å². The van der Waals surface area contributed by atoms with Crippen LogP contribution in [-0.4, -0.2) is 30.0 Å². The Morgan fingerprint density at radius 2 is 2.12 bits per heavy atom. The second-order valence-electron chi connectivity index (χ2n) is 5.45. The Labute approximate surface area is 144 Å². The summed E-state index contributed by atoms with van der Waals surface area (Å²) in [4.78, 5) is 19.8. The minimum atomic E-state index is -0.253. The van der Waals surface area contributed by atoms with Crippen LogP contribution in [0.15, 0.2) is 42.7 Å². The second kappa shape index (κ2) is 5.86. The molecule has 0 spiro atoms. The number of fused-ring (bicyclic) bond motifs is 2. The van der Waals surface area contributed by atoms with Crippen molar-refractivity contribution in [3.63, 3.8) is 0 Å². The number of carbonyl (C=O) groups excluding carboxylic acids is 1. The highest BCUT2D eigenvalue weighted by atomic mass is 16.5. The molecule has 1 aromatic carbocycles. The number of anilines is 2. The molecular weight excluding hydrogens is 320 g/mol. The first-order chi connectivity index (χ1) is 12.2. The summed E-state index contributed by atoms with van der Waals surface area (Å²) in [6.45, 7) is 0. The van der Waals surface area contributed by atoms with E-state index in [9.17, 15) is 4.79 Å². The van der Waals surface area contributed by atoms with Gasteiger partial charge in [0.2, 0.25) is 0 Å². The van der Waals surface area contributed by atoms with Crippen LogP contribution in [0.5, 0.6) is 17.2 Å². The third kappa shape index (κ3) is 2.37. The summed E-state index contributed by atoms with van der Waals surface area (Å²) in [6.07, 6.45) is 3.34. The average Bonchev–Trinajstić information content (AvgIpc) is 3.18. The SMILES string of the molecule is CNC(=O)c1cnc(-c2ccc[nH]2)c2c1Nc1c(OC)cccc1O2. The molecule has 0 bridgehead atoms. The summed E-state index contributed by atoms with van der Waals surface area (Å²) in [5.41, 5.74) is 3.04. The fraction of sp³-hybridized carbons (Fsp3) is 0.111. The van der Waals surface area contributed by atoms with Crippen LogP contribution in [-0.2, 0) is 0 Å². The Kier molecular flexibility index (Phi) is 3.53. The molecule has 0 radical (unpaired) electrons. The number of aromatic amines is 1. The van der Waals surface area contributed by atoms with Crippen molar-refractivity contribution in [3.8, 4) is 28.6 Å².